The molecule has 1 fully saturated rings. The molecule has 0 bridgehead atoms. The van der Waals surface area contributed by atoms with E-state index in [1.807, 2.05) is 0 Å². The number of imide groups is 1. The lowest BCUT2D eigenvalue weighted by Gasteiger charge is -2.24. The number of rotatable bonds is 1. The molecule has 18 heavy (non-hydrogen) atoms. The smallest absolute Gasteiger partial charge is 0.263 e. The number of amides is 2. The fourth-order valence-corrected chi connectivity index (χ4v) is 3.92. The maximum Gasteiger partial charge on any atom is 0.263 e. The molecule has 4 nitrogen and oxygen atoms in total. The molecule has 3 rings (SSSR count). The number of hydrogen-bond donors (Lipinski definition) is 1. The third-order valence-electron chi connectivity index (χ3n) is 3.65. The molecule has 0 aromatic heterocycles. The number of carbonyl (C=O) groups is 2. The van der Waals surface area contributed by atoms with Crippen LogP contribution in [0.2, 0.25) is 0 Å². The van der Waals surface area contributed by atoms with Crippen LogP contribution in [-0.4, -0.2) is 33.8 Å². The van der Waals surface area contributed by atoms with Crippen molar-refractivity contribution in [3.8, 4) is 0 Å². The lowest BCUT2D eigenvalue weighted by atomic mass is 10.1. The number of nitrogen functional groups attached to an aromatic ring is 1. The van der Waals surface area contributed by atoms with Gasteiger partial charge in [0, 0.05) is 10.9 Å². The summed E-state index contributed by atoms with van der Waals surface area (Å²) in [4.78, 5) is 26.1. The van der Waals surface area contributed by atoms with Gasteiger partial charge in [-0.1, -0.05) is 13.0 Å². The van der Waals surface area contributed by atoms with Gasteiger partial charge >= 0.3 is 0 Å². The highest BCUT2D eigenvalue weighted by Crippen LogP contribution is 2.36. The number of carbonyl (C=O) groups excluding carboxylic acids is 2. The van der Waals surface area contributed by atoms with Crippen molar-refractivity contribution >= 4 is 29.3 Å². The normalized spacial score (nSPS) is 26.8. The van der Waals surface area contributed by atoms with Gasteiger partial charge in [0.1, 0.15) is 0 Å². The van der Waals surface area contributed by atoms with Crippen LogP contribution in [0.15, 0.2) is 18.2 Å². The van der Waals surface area contributed by atoms with Crippen molar-refractivity contribution < 1.29 is 9.59 Å². The summed E-state index contributed by atoms with van der Waals surface area (Å²) in [5, 5.41) is 0.299. The van der Waals surface area contributed by atoms with Crippen LogP contribution in [0.3, 0.4) is 0 Å². The van der Waals surface area contributed by atoms with E-state index in [1.54, 1.807) is 30.0 Å². The summed E-state index contributed by atoms with van der Waals surface area (Å²) in [6, 6.07) is 5.07. The van der Waals surface area contributed by atoms with Crippen molar-refractivity contribution in [2.45, 2.75) is 24.6 Å². The molecule has 2 N–H and O–H groups in total. The Balaban J connectivity index is 2.05. The molecule has 0 spiro atoms. The first-order chi connectivity index (χ1) is 8.61. The second-order valence-electron chi connectivity index (χ2n) is 4.68. The van der Waals surface area contributed by atoms with Crippen LogP contribution in [-0.2, 0) is 0 Å². The Morgan fingerprint density at radius 1 is 1.33 bits per heavy atom. The molecule has 5 heteroatoms. The first-order valence-electron chi connectivity index (χ1n) is 5.99. The molecular weight excluding hydrogens is 248 g/mol. The molecule has 0 saturated carbocycles. The minimum atomic E-state index is -0.229. The Morgan fingerprint density at radius 2 is 2.11 bits per heavy atom. The van der Waals surface area contributed by atoms with Crippen LogP contribution >= 0.6 is 11.8 Å². The molecular formula is C13H14N2O2S. The number of anilines is 1. The van der Waals surface area contributed by atoms with Crippen molar-refractivity contribution in [2.75, 3.05) is 11.5 Å². The highest BCUT2D eigenvalue weighted by atomic mass is 32.2. The molecule has 2 atom stereocenters. The predicted molar refractivity (Wildman–Crippen MR) is 71.7 cm³/mol. The van der Waals surface area contributed by atoms with Crippen molar-refractivity contribution in [3.63, 3.8) is 0 Å². The van der Waals surface area contributed by atoms with Gasteiger partial charge in [0.05, 0.1) is 17.2 Å². The van der Waals surface area contributed by atoms with E-state index in [-0.39, 0.29) is 17.9 Å². The van der Waals surface area contributed by atoms with Gasteiger partial charge in [0.25, 0.3) is 11.8 Å². The van der Waals surface area contributed by atoms with Crippen LogP contribution in [0.4, 0.5) is 5.69 Å². The number of hydrogen-bond acceptors (Lipinski definition) is 4. The molecule has 1 aromatic rings. The summed E-state index contributed by atoms with van der Waals surface area (Å²) in [5.74, 6) is 0.573. The maximum atomic E-state index is 12.4. The molecule has 2 unspecified atom stereocenters. The van der Waals surface area contributed by atoms with Crippen LogP contribution in [0.5, 0.6) is 0 Å². The molecule has 0 aliphatic carbocycles. The zero-order valence-electron chi connectivity index (χ0n) is 10.1. The fraction of sp³-hybridized carbons (Fsp3) is 0.385. The molecule has 94 valence electrons. The van der Waals surface area contributed by atoms with Crippen LogP contribution in [0.25, 0.3) is 0 Å². The van der Waals surface area contributed by atoms with E-state index in [0.717, 1.165) is 12.2 Å². The third-order valence-corrected chi connectivity index (χ3v) is 4.96. The largest absolute Gasteiger partial charge is 0.398 e. The Bertz CT molecular complexity index is 544. The van der Waals surface area contributed by atoms with Crippen molar-refractivity contribution in [3.05, 3.63) is 29.3 Å². The first kappa shape index (κ1) is 11.6. The maximum absolute atomic E-state index is 12.4. The zero-order valence-corrected chi connectivity index (χ0v) is 10.9. The number of nitrogens with two attached hydrogens (primary N) is 1. The van der Waals surface area contributed by atoms with Crippen LogP contribution in [0, 0.1) is 0 Å². The molecule has 2 amide bonds. The predicted octanol–water partition coefficient (Wildman–Crippen LogP) is 1.76. The lowest BCUT2D eigenvalue weighted by molar-refractivity contribution is 0.0586. The van der Waals surface area contributed by atoms with E-state index < -0.39 is 0 Å². The fourth-order valence-electron chi connectivity index (χ4n) is 2.69. The van der Waals surface area contributed by atoms with Crippen molar-refractivity contribution in [1.29, 1.82) is 0 Å². The summed E-state index contributed by atoms with van der Waals surface area (Å²) in [6.07, 6.45) is 0.872. The zero-order chi connectivity index (χ0) is 12.9. The average Bonchev–Trinajstić information content (AvgIpc) is 2.84. The van der Waals surface area contributed by atoms with Gasteiger partial charge in [0.15, 0.2) is 0 Å². The van der Waals surface area contributed by atoms with Gasteiger partial charge in [-0.05, 0) is 24.3 Å². The summed E-state index contributed by atoms with van der Waals surface area (Å²) < 4.78 is 0. The molecule has 2 aliphatic heterocycles. The first-order valence-corrected chi connectivity index (χ1v) is 7.04. The van der Waals surface area contributed by atoms with Crippen LogP contribution < -0.4 is 5.73 Å². The molecule has 0 radical (unpaired) electrons. The summed E-state index contributed by atoms with van der Waals surface area (Å²) in [7, 11) is 0. The van der Waals surface area contributed by atoms with E-state index in [9.17, 15) is 9.59 Å². The monoisotopic (exact) mass is 262 g/mol. The quantitative estimate of drug-likeness (QED) is 0.618. The minimum Gasteiger partial charge on any atom is -0.398 e. The van der Waals surface area contributed by atoms with E-state index in [2.05, 4.69) is 6.92 Å². The Kier molecular flexibility index (Phi) is 2.59. The van der Waals surface area contributed by atoms with E-state index in [0.29, 0.717) is 22.1 Å². The Hall–Kier alpha value is -1.49. The van der Waals surface area contributed by atoms with Gasteiger partial charge in [-0.2, -0.15) is 11.8 Å². The minimum absolute atomic E-state index is 0.00167. The summed E-state index contributed by atoms with van der Waals surface area (Å²) in [6.45, 7) is 2.06. The highest BCUT2D eigenvalue weighted by Gasteiger charge is 2.44. The van der Waals surface area contributed by atoms with Gasteiger partial charge in [0.2, 0.25) is 0 Å². The van der Waals surface area contributed by atoms with Crippen LogP contribution in [0.1, 0.15) is 34.1 Å². The summed E-state index contributed by atoms with van der Waals surface area (Å²) in [5.41, 5.74) is 7.04. The average molecular weight is 262 g/mol. The number of benzene rings is 1. The number of nitrogens with zero attached hydrogens (tertiary/aromatic N) is 1. The lowest BCUT2D eigenvalue weighted by Crippen LogP contribution is -2.42. The van der Waals surface area contributed by atoms with Crippen molar-refractivity contribution in [1.82, 2.24) is 4.90 Å². The van der Waals surface area contributed by atoms with Gasteiger partial charge in [-0.3, -0.25) is 14.5 Å². The van der Waals surface area contributed by atoms with E-state index in [4.69, 9.17) is 5.73 Å². The summed E-state index contributed by atoms with van der Waals surface area (Å²) >= 11 is 1.80. The Labute approximate surface area is 110 Å². The van der Waals surface area contributed by atoms with Gasteiger partial charge < -0.3 is 5.73 Å². The molecule has 2 aliphatic rings. The van der Waals surface area contributed by atoms with Crippen molar-refractivity contribution in [2.24, 2.45) is 0 Å². The number of thioether (sulfide) groups is 1. The van der Waals surface area contributed by atoms with Gasteiger partial charge in [-0.25, -0.2) is 0 Å². The third kappa shape index (κ3) is 1.47. The molecule has 1 saturated heterocycles. The topological polar surface area (TPSA) is 63.4 Å². The standard InChI is InChI=1S/C13H14N2O2S/c1-7-10(5-6-18-7)15-12(16)8-3-2-4-9(14)11(8)13(15)17/h2-4,7,10H,5-6,14H2,1H3. The molecule has 2 heterocycles. The second kappa shape index (κ2) is 4.02. The highest BCUT2D eigenvalue weighted by molar-refractivity contribution is 8.00. The molecule has 1 aromatic carbocycles. The second-order valence-corrected chi connectivity index (χ2v) is 6.17. The SMILES string of the molecule is CC1SCCC1N1C(=O)c2cccc(N)c2C1=O. The number of fused-ring (bicyclic) bond motifs is 1. The van der Waals surface area contributed by atoms with Gasteiger partial charge in [-0.15, -0.1) is 0 Å². The Morgan fingerprint density at radius 3 is 2.72 bits per heavy atom. The van der Waals surface area contributed by atoms with E-state index in [1.165, 1.54) is 4.90 Å². The van der Waals surface area contributed by atoms with E-state index >= 15 is 0 Å².